The van der Waals surface area contributed by atoms with Crippen molar-refractivity contribution >= 4 is 21.6 Å². The molecule has 0 amide bonds. The van der Waals surface area contributed by atoms with Crippen LogP contribution in [0.2, 0.25) is 0 Å². The van der Waals surface area contributed by atoms with Gasteiger partial charge >= 0.3 is 6.18 Å². The number of hydrogen-bond donors (Lipinski definition) is 1. The molecule has 0 fully saturated rings. The molecule has 0 radical (unpaired) electrons. The van der Waals surface area contributed by atoms with Crippen LogP contribution in [0.15, 0.2) is 22.7 Å². The standard InChI is InChI=1S/C11H13BrF3NO2/c1-17-8-2-3-9(12)10(6-8)16-4-5-18-7-11(13,14)15/h2-3,6,16H,4-5,7H2,1H3. The largest absolute Gasteiger partial charge is 0.497 e. The number of rotatable bonds is 6. The van der Waals surface area contributed by atoms with Crippen molar-refractivity contribution in [1.82, 2.24) is 0 Å². The molecule has 1 N–H and O–H groups in total. The van der Waals surface area contributed by atoms with Crippen molar-refractivity contribution < 1.29 is 22.6 Å². The van der Waals surface area contributed by atoms with E-state index < -0.39 is 12.8 Å². The van der Waals surface area contributed by atoms with Crippen molar-refractivity contribution in [1.29, 1.82) is 0 Å². The minimum absolute atomic E-state index is 0.0246. The molecule has 0 bridgehead atoms. The molecule has 7 heteroatoms. The maximum absolute atomic E-state index is 11.8. The van der Waals surface area contributed by atoms with Crippen LogP contribution in [-0.2, 0) is 4.74 Å². The van der Waals surface area contributed by atoms with Gasteiger partial charge in [0.2, 0.25) is 0 Å². The van der Waals surface area contributed by atoms with Gasteiger partial charge in [0.1, 0.15) is 12.4 Å². The number of hydrogen-bond acceptors (Lipinski definition) is 3. The highest BCUT2D eigenvalue weighted by atomic mass is 79.9. The van der Waals surface area contributed by atoms with E-state index in [1.54, 1.807) is 25.3 Å². The molecule has 0 saturated heterocycles. The van der Waals surface area contributed by atoms with E-state index in [2.05, 4.69) is 26.0 Å². The number of nitrogens with one attached hydrogen (secondary N) is 1. The molecule has 0 aromatic heterocycles. The Balaban J connectivity index is 2.35. The van der Waals surface area contributed by atoms with Crippen LogP contribution in [-0.4, -0.2) is 33.0 Å². The van der Waals surface area contributed by atoms with E-state index in [1.165, 1.54) is 0 Å². The molecular formula is C11H13BrF3NO2. The summed E-state index contributed by atoms with van der Waals surface area (Å²) in [5, 5.41) is 2.95. The highest BCUT2D eigenvalue weighted by Crippen LogP contribution is 2.26. The molecular weight excluding hydrogens is 315 g/mol. The van der Waals surface area contributed by atoms with Crippen LogP contribution >= 0.6 is 15.9 Å². The molecule has 0 heterocycles. The molecule has 0 atom stereocenters. The Bertz CT molecular complexity index is 385. The lowest BCUT2D eigenvalue weighted by molar-refractivity contribution is -0.172. The van der Waals surface area contributed by atoms with Gasteiger partial charge in [-0.3, -0.25) is 0 Å². The van der Waals surface area contributed by atoms with Crippen molar-refractivity contribution in [3.05, 3.63) is 22.7 Å². The molecule has 3 nitrogen and oxygen atoms in total. The molecule has 0 aliphatic carbocycles. The molecule has 1 aromatic carbocycles. The van der Waals surface area contributed by atoms with Crippen molar-refractivity contribution in [3.63, 3.8) is 0 Å². The predicted molar refractivity (Wildman–Crippen MR) is 66.1 cm³/mol. The van der Waals surface area contributed by atoms with Crippen LogP contribution in [0.5, 0.6) is 5.75 Å². The second-order valence-electron chi connectivity index (χ2n) is 3.44. The topological polar surface area (TPSA) is 30.5 Å². The number of halogens is 4. The van der Waals surface area contributed by atoms with Crippen molar-refractivity contribution in [3.8, 4) is 5.75 Å². The number of alkyl halides is 3. The van der Waals surface area contributed by atoms with E-state index in [-0.39, 0.29) is 13.2 Å². The van der Waals surface area contributed by atoms with E-state index in [4.69, 9.17) is 4.74 Å². The quantitative estimate of drug-likeness (QED) is 0.812. The summed E-state index contributed by atoms with van der Waals surface area (Å²) >= 11 is 3.32. The van der Waals surface area contributed by atoms with Crippen LogP contribution in [0.3, 0.4) is 0 Å². The van der Waals surface area contributed by atoms with E-state index in [0.717, 1.165) is 10.2 Å². The average Bonchev–Trinajstić information content (AvgIpc) is 2.29. The van der Waals surface area contributed by atoms with Crippen molar-refractivity contribution in [2.24, 2.45) is 0 Å². The molecule has 0 unspecified atom stereocenters. The fraction of sp³-hybridized carbons (Fsp3) is 0.455. The van der Waals surface area contributed by atoms with Gasteiger partial charge in [-0.1, -0.05) is 0 Å². The summed E-state index contributed by atoms with van der Waals surface area (Å²) in [5.74, 6) is 0.664. The number of ether oxygens (including phenoxy) is 2. The first-order valence-corrected chi connectivity index (χ1v) is 5.93. The van der Waals surface area contributed by atoms with E-state index in [1.807, 2.05) is 0 Å². The Labute approximate surface area is 111 Å². The third-order valence-electron chi connectivity index (χ3n) is 2.00. The third kappa shape index (κ3) is 5.59. The van der Waals surface area contributed by atoms with Crippen LogP contribution < -0.4 is 10.1 Å². The average molecular weight is 328 g/mol. The van der Waals surface area contributed by atoms with Gasteiger partial charge in [-0.25, -0.2) is 0 Å². The van der Waals surface area contributed by atoms with Crippen LogP contribution in [0.4, 0.5) is 18.9 Å². The van der Waals surface area contributed by atoms with Gasteiger partial charge in [0.15, 0.2) is 0 Å². The first-order chi connectivity index (χ1) is 8.42. The molecule has 102 valence electrons. The predicted octanol–water partition coefficient (Wildman–Crippen LogP) is 3.45. The molecule has 0 aliphatic heterocycles. The number of methoxy groups -OCH3 is 1. The summed E-state index contributed by atoms with van der Waals surface area (Å²) in [6.07, 6.45) is -4.28. The summed E-state index contributed by atoms with van der Waals surface area (Å²) < 4.78 is 45.7. The Morgan fingerprint density at radius 1 is 1.33 bits per heavy atom. The maximum Gasteiger partial charge on any atom is 0.411 e. The minimum Gasteiger partial charge on any atom is -0.497 e. The number of anilines is 1. The number of benzene rings is 1. The Hall–Kier alpha value is -0.950. The monoisotopic (exact) mass is 327 g/mol. The van der Waals surface area contributed by atoms with Gasteiger partial charge in [0, 0.05) is 17.1 Å². The van der Waals surface area contributed by atoms with Gasteiger partial charge in [0.25, 0.3) is 0 Å². The fourth-order valence-electron chi connectivity index (χ4n) is 1.21. The van der Waals surface area contributed by atoms with Crippen molar-refractivity contribution in [2.75, 3.05) is 32.2 Å². The van der Waals surface area contributed by atoms with Crippen LogP contribution in [0.25, 0.3) is 0 Å². The molecule has 1 aromatic rings. The molecule has 18 heavy (non-hydrogen) atoms. The highest BCUT2D eigenvalue weighted by molar-refractivity contribution is 9.10. The summed E-state index contributed by atoms with van der Waals surface area (Å²) in [7, 11) is 1.54. The minimum atomic E-state index is -4.28. The van der Waals surface area contributed by atoms with Gasteiger partial charge in [0.05, 0.1) is 19.4 Å². The molecule has 0 aliphatic rings. The van der Waals surface area contributed by atoms with Crippen LogP contribution in [0, 0.1) is 0 Å². The summed E-state index contributed by atoms with van der Waals surface area (Å²) in [4.78, 5) is 0. The van der Waals surface area contributed by atoms with Gasteiger partial charge in [-0.05, 0) is 28.1 Å². The van der Waals surface area contributed by atoms with Crippen LogP contribution in [0.1, 0.15) is 0 Å². The van der Waals surface area contributed by atoms with Gasteiger partial charge < -0.3 is 14.8 Å². The SMILES string of the molecule is COc1ccc(Br)c(NCCOCC(F)(F)F)c1. The lowest BCUT2D eigenvalue weighted by Crippen LogP contribution is -2.20. The third-order valence-corrected chi connectivity index (χ3v) is 2.69. The maximum atomic E-state index is 11.8. The van der Waals surface area contributed by atoms with E-state index in [9.17, 15) is 13.2 Å². The smallest absolute Gasteiger partial charge is 0.411 e. The summed E-state index contributed by atoms with van der Waals surface area (Å²) in [5.41, 5.74) is 0.741. The zero-order valence-corrected chi connectivity index (χ0v) is 11.3. The second-order valence-corrected chi connectivity index (χ2v) is 4.29. The normalized spacial score (nSPS) is 11.4. The second kappa shape index (κ2) is 6.84. The summed E-state index contributed by atoms with van der Waals surface area (Å²) in [6.45, 7) is -0.973. The molecule has 0 spiro atoms. The first kappa shape index (κ1) is 15.1. The fourth-order valence-corrected chi connectivity index (χ4v) is 1.60. The lowest BCUT2D eigenvalue weighted by Gasteiger charge is -2.11. The zero-order chi connectivity index (χ0) is 13.6. The first-order valence-electron chi connectivity index (χ1n) is 5.14. The lowest BCUT2D eigenvalue weighted by atomic mass is 10.3. The summed E-state index contributed by atoms with van der Waals surface area (Å²) in [6, 6.07) is 5.31. The van der Waals surface area contributed by atoms with E-state index >= 15 is 0 Å². The Morgan fingerprint density at radius 2 is 2.06 bits per heavy atom. The Kier molecular flexibility index (Phi) is 5.74. The molecule has 1 rings (SSSR count). The van der Waals surface area contributed by atoms with E-state index in [0.29, 0.717) is 5.75 Å². The van der Waals surface area contributed by atoms with Gasteiger partial charge in [-0.15, -0.1) is 0 Å². The van der Waals surface area contributed by atoms with Gasteiger partial charge in [-0.2, -0.15) is 13.2 Å². The molecule has 0 saturated carbocycles. The zero-order valence-electron chi connectivity index (χ0n) is 9.68. The Morgan fingerprint density at radius 3 is 2.67 bits per heavy atom. The highest BCUT2D eigenvalue weighted by Gasteiger charge is 2.27. The van der Waals surface area contributed by atoms with Crippen molar-refractivity contribution in [2.45, 2.75) is 6.18 Å².